The molecule has 1 aromatic rings. The third kappa shape index (κ3) is 2.36. The van der Waals surface area contributed by atoms with Gasteiger partial charge in [0.1, 0.15) is 0 Å². The molecule has 0 heterocycles. The zero-order valence-corrected chi connectivity index (χ0v) is 10.8. The predicted molar refractivity (Wildman–Crippen MR) is 67.9 cm³/mol. The van der Waals surface area contributed by atoms with Gasteiger partial charge in [-0.1, -0.05) is 38.1 Å². The highest BCUT2D eigenvalue weighted by atomic mass is 16.5. The standard InChI is InChI=1S/C15H20O2/c1-11(2)9-12-5-4-6-13(10-12)15(7-8-15)14(16)17-3/h4-6,10-11H,7-9H2,1-3H3. The quantitative estimate of drug-likeness (QED) is 0.746. The Morgan fingerprint density at radius 1 is 1.41 bits per heavy atom. The minimum absolute atomic E-state index is 0.0841. The number of hydrogen-bond acceptors (Lipinski definition) is 2. The molecule has 1 saturated carbocycles. The molecule has 0 amide bonds. The molecule has 0 atom stereocenters. The Morgan fingerprint density at radius 3 is 2.65 bits per heavy atom. The first-order chi connectivity index (χ1) is 8.08. The Labute approximate surface area is 103 Å². The van der Waals surface area contributed by atoms with Crippen LogP contribution in [0.15, 0.2) is 24.3 Å². The summed E-state index contributed by atoms with van der Waals surface area (Å²) < 4.78 is 4.91. The number of rotatable bonds is 4. The minimum Gasteiger partial charge on any atom is -0.468 e. The predicted octanol–water partition coefficient (Wildman–Crippen LogP) is 3.09. The van der Waals surface area contributed by atoms with E-state index in [1.165, 1.54) is 12.7 Å². The summed E-state index contributed by atoms with van der Waals surface area (Å²) in [7, 11) is 1.47. The van der Waals surface area contributed by atoms with Crippen molar-refractivity contribution in [1.29, 1.82) is 0 Å². The number of ether oxygens (including phenoxy) is 1. The normalized spacial score (nSPS) is 16.9. The van der Waals surface area contributed by atoms with Gasteiger partial charge in [-0.2, -0.15) is 0 Å². The topological polar surface area (TPSA) is 26.3 Å². The maximum absolute atomic E-state index is 11.8. The number of esters is 1. The van der Waals surface area contributed by atoms with Crippen LogP contribution in [0.2, 0.25) is 0 Å². The van der Waals surface area contributed by atoms with Gasteiger partial charge < -0.3 is 4.74 Å². The van der Waals surface area contributed by atoms with Crippen LogP contribution < -0.4 is 0 Å². The van der Waals surface area contributed by atoms with Crippen molar-refractivity contribution in [3.8, 4) is 0 Å². The van der Waals surface area contributed by atoms with E-state index in [1.807, 2.05) is 6.07 Å². The van der Waals surface area contributed by atoms with Crippen molar-refractivity contribution in [3.63, 3.8) is 0 Å². The second kappa shape index (κ2) is 4.52. The lowest BCUT2D eigenvalue weighted by Gasteiger charge is -2.14. The zero-order chi connectivity index (χ0) is 12.5. The highest BCUT2D eigenvalue weighted by molar-refractivity contribution is 5.86. The number of carbonyl (C=O) groups is 1. The Balaban J connectivity index is 2.25. The Bertz CT molecular complexity index is 417. The van der Waals surface area contributed by atoms with Crippen LogP contribution in [-0.2, 0) is 21.4 Å². The molecular weight excluding hydrogens is 212 g/mol. The molecule has 2 heteroatoms. The summed E-state index contributed by atoms with van der Waals surface area (Å²) in [5, 5.41) is 0. The van der Waals surface area contributed by atoms with E-state index < -0.39 is 0 Å². The molecular formula is C15H20O2. The van der Waals surface area contributed by atoms with Gasteiger partial charge in [-0.15, -0.1) is 0 Å². The minimum atomic E-state index is -0.332. The molecule has 0 N–H and O–H groups in total. The molecule has 0 spiro atoms. The summed E-state index contributed by atoms with van der Waals surface area (Å²) in [6.07, 6.45) is 2.90. The van der Waals surface area contributed by atoms with Gasteiger partial charge in [0.15, 0.2) is 0 Å². The van der Waals surface area contributed by atoms with Gasteiger partial charge in [-0.05, 0) is 36.3 Å². The molecule has 1 aliphatic rings. The van der Waals surface area contributed by atoms with Crippen LogP contribution in [0.25, 0.3) is 0 Å². The molecule has 1 aromatic carbocycles. The zero-order valence-electron chi connectivity index (χ0n) is 10.8. The van der Waals surface area contributed by atoms with Gasteiger partial charge in [0.2, 0.25) is 0 Å². The maximum Gasteiger partial charge on any atom is 0.316 e. The summed E-state index contributed by atoms with van der Waals surface area (Å²) in [6, 6.07) is 8.41. The van der Waals surface area contributed by atoms with Gasteiger partial charge in [0.25, 0.3) is 0 Å². The summed E-state index contributed by atoms with van der Waals surface area (Å²) in [5.41, 5.74) is 2.11. The van der Waals surface area contributed by atoms with Crippen LogP contribution in [0.5, 0.6) is 0 Å². The smallest absolute Gasteiger partial charge is 0.316 e. The first-order valence-corrected chi connectivity index (χ1v) is 6.26. The fourth-order valence-corrected chi connectivity index (χ4v) is 2.40. The van der Waals surface area contributed by atoms with Crippen molar-refractivity contribution in [2.45, 2.75) is 38.5 Å². The van der Waals surface area contributed by atoms with E-state index in [1.54, 1.807) is 0 Å². The molecule has 0 saturated heterocycles. The van der Waals surface area contributed by atoms with E-state index in [4.69, 9.17) is 4.74 Å². The van der Waals surface area contributed by atoms with Crippen LogP contribution in [0.1, 0.15) is 37.8 Å². The van der Waals surface area contributed by atoms with Crippen LogP contribution in [0.3, 0.4) is 0 Å². The van der Waals surface area contributed by atoms with Gasteiger partial charge in [-0.25, -0.2) is 0 Å². The van der Waals surface area contributed by atoms with E-state index >= 15 is 0 Å². The van der Waals surface area contributed by atoms with Crippen molar-refractivity contribution < 1.29 is 9.53 Å². The lowest BCUT2D eigenvalue weighted by Crippen LogP contribution is -2.22. The first kappa shape index (κ1) is 12.2. The van der Waals surface area contributed by atoms with Gasteiger partial charge in [0, 0.05) is 0 Å². The lowest BCUT2D eigenvalue weighted by molar-refractivity contribution is -0.143. The second-order valence-corrected chi connectivity index (χ2v) is 5.37. The molecule has 1 aliphatic carbocycles. The average Bonchev–Trinajstić information content (AvgIpc) is 3.09. The third-order valence-electron chi connectivity index (χ3n) is 3.45. The first-order valence-electron chi connectivity index (χ1n) is 6.26. The maximum atomic E-state index is 11.8. The van der Waals surface area contributed by atoms with E-state index in [2.05, 4.69) is 32.0 Å². The van der Waals surface area contributed by atoms with Crippen molar-refractivity contribution in [1.82, 2.24) is 0 Å². The molecule has 2 nitrogen and oxygen atoms in total. The Morgan fingerprint density at radius 2 is 2.12 bits per heavy atom. The van der Waals surface area contributed by atoms with Crippen LogP contribution >= 0.6 is 0 Å². The lowest BCUT2D eigenvalue weighted by atomic mass is 9.92. The fraction of sp³-hybridized carbons (Fsp3) is 0.533. The number of carbonyl (C=O) groups excluding carboxylic acids is 1. The van der Waals surface area contributed by atoms with Crippen LogP contribution in [0.4, 0.5) is 0 Å². The van der Waals surface area contributed by atoms with Gasteiger partial charge >= 0.3 is 5.97 Å². The Kier molecular flexibility index (Phi) is 3.23. The van der Waals surface area contributed by atoms with Gasteiger partial charge in [-0.3, -0.25) is 4.79 Å². The molecule has 1 fully saturated rings. The van der Waals surface area contributed by atoms with Crippen molar-refractivity contribution >= 4 is 5.97 Å². The molecule has 2 rings (SSSR count). The molecule has 17 heavy (non-hydrogen) atoms. The second-order valence-electron chi connectivity index (χ2n) is 5.37. The van der Waals surface area contributed by atoms with Crippen LogP contribution in [-0.4, -0.2) is 13.1 Å². The fourth-order valence-electron chi connectivity index (χ4n) is 2.40. The van der Waals surface area contributed by atoms with Crippen molar-refractivity contribution in [3.05, 3.63) is 35.4 Å². The molecule has 0 unspecified atom stereocenters. The van der Waals surface area contributed by atoms with Crippen molar-refractivity contribution in [2.75, 3.05) is 7.11 Å². The number of benzene rings is 1. The number of methoxy groups -OCH3 is 1. The molecule has 0 aromatic heterocycles. The highest BCUT2D eigenvalue weighted by Gasteiger charge is 2.52. The van der Waals surface area contributed by atoms with Gasteiger partial charge in [0.05, 0.1) is 12.5 Å². The summed E-state index contributed by atoms with van der Waals surface area (Å²) >= 11 is 0. The molecule has 0 aliphatic heterocycles. The average molecular weight is 232 g/mol. The molecule has 0 bridgehead atoms. The molecule has 0 radical (unpaired) electrons. The summed E-state index contributed by atoms with van der Waals surface area (Å²) in [5.74, 6) is 0.553. The van der Waals surface area contributed by atoms with E-state index in [-0.39, 0.29) is 11.4 Å². The third-order valence-corrected chi connectivity index (χ3v) is 3.45. The largest absolute Gasteiger partial charge is 0.468 e. The van der Waals surface area contributed by atoms with E-state index in [0.717, 1.165) is 24.8 Å². The van der Waals surface area contributed by atoms with E-state index in [0.29, 0.717) is 5.92 Å². The highest BCUT2D eigenvalue weighted by Crippen LogP contribution is 2.49. The van der Waals surface area contributed by atoms with Crippen molar-refractivity contribution in [2.24, 2.45) is 5.92 Å². The monoisotopic (exact) mass is 232 g/mol. The summed E-state index contributed by atoms with van der Waals surface area (Å²) in [4.78, 5) is 11.8. The SMILES string of the molecule is COC(=O)C1(c2cccc(CC(C)C)c2)CC1. The van der Waals surface area contributed by atoms with E-state index in [9.17, 15) is 4.79 Å². The summed E-state index contributed by atoms with van der Waals surface area (Å²) in [6.45, 7) is 4.42. The van der Waals surface area contributed by atoms with Crippen LogP contribution in [0, 0.1) is 5.92 Å². The molecule has 92 valence electrons. The Hall–Kier alpha value is -1.31. The number of hydrogen-bond donors (Lipinski definition) is 0.